The molecule has 0 radical (unpaired) electrons. The molecular formula is C9H14N2O2S2. The normalized spacial score (nSPS) is 13.3. The van der Waals surface area contributed by atoms with Crippen molar-refractivity contribution in [3.05, 3.63) is 12.2 Å². The van der Waals surface area contributed by atoms with E-state index >= 15 is 0 Å². The molecule has 0 aromatic rings. The molecule has 0 aliphatic carbocycles. The van der Waals surface area contributed by atoms with Crippen LogP contribution in [0.2, 0.25) is 0 Å². The van der Waals surface area contributed by atoms with Crippen molar-refractivity contribution >= 4 is 27.6 Å². The van der Waals surface area contributed by atoms with Gasteiger partial charge in [-0.2, -0.15) is 5.26 Å². The Hall–Kier alpha value is -0.640. The first-order valence-corrected chi connectivity index (χ1v) is 6.66. The van der Waals surface area contributed by atoms with Gasteiger partial charge in [-0.1, -0.05) is 18.3 Å². The predicted octanol–water partition coefficient (Wildman–Crippen LogP) is 1.18. The Morgan fingerprint density at radius 1 is 1.73 bits per heavy atom. The first-order chi connectivity index (χ1) is 7.15. The Bertz CT molecular complexity index is 308. The number of thioether (sulfide) groups is 1. The number of nitriles is 1. The highest BCUT2D eigenvalue weighted by molar-refractivity contribution is 8.21. The maximum Gasteiger partial charge on any atom is 0.108 e. The van der Waals surface area contributed by atoms with Crippen LogP contribution < -0.4 is 0 Å². The fraction of sp³-hybridized carbons (Fsp3) is 0.556. The second-order valence-corrected chi connectivity index (χ2v) is 5.42. The average Bonchev–Trinajstić information content (AvgIpc) is 2.26. The van der Waals surface area contributed by atoms with Crippen LogP contribution in [0, 0.1) is 11.3 Å². The number of hydrogen-bond acceptors (Lipinski definition) is 5. The second kappa shape index (κ2) is 8.65. The summed E-state index contributed by atoms with van der Waals surface area (Å²) in [5.41, 5.74) is 0.311. The van der Waals surface area contributed by atoms with E-state index in [1.54, 1.807) is 14.2 Å². The summed E-state index contributed by atoms with van der Waals surface area (Å²) < 4.78 is 16.2. The minimum absolute atomic E-state index is 0.311. The van der Waals surface area contributed by atoms with Gasteiger partial charge >= 0.3 is 0 Å². The zero-order valence-electron chi connectivity index (χ0n) is 8.86. The number of hydrogen-bond donors (Lipinski definition) is 0. The predicted molar refractivity (Wildman–Crippen MR) is 65.5 cm³/mol. The molecule has 15 heavy (non-hydrogen) atoms. The lowest BCUT2D eigenvalue weighted by atomic mass is 10.4. The highest BCUT2D eigenvalue weighted by Crippen LogP contribution is 2.12. The first-order valence-electron chi connectivity index (χ1n) is 4.18. The first kappa shape index (κ1) is 14.4. The number of methoxy groups -OCH3 is 1. The lowest BCUT2D eigenvalue weighted by molar-refractivity contribution is 0.218. The summed E-state index contributed by atoms with van der Waals surface area (Å²) in [4.78, 5) is 3.90. The monoisotopic (exact) mass is 246 g/mol. The fourth-order valence-electron chi connectivity index (χ4n) is 0.691. The SMILES string of the molecule is C=C(C#N)C(=NC)SCS(=O)CCOC. The van der Waals surface area contributed by atoms with E-state index < -0.39 is 10.8 Å². The van der Waals surface area contributed by atoms with Crippen molar-refractivity contribution in [1.29, 1.82) is 5.26 Å². The molecular weight excluding hydrogens is 232 g/mol. The van der Waals surface area contributed by atoms with Crippen LogP contribution in [0.1, 0.15) is 0 Å². The lowest BCUT2D eigenvalue weighted by Crippen LogP contribution is -2.08. The topological polar surface area (TPSA) is 62.5 Å². The molecule has 0 amide bonds. The van der Waals surface area contributed by atoms with E-state index in [9.17, 15) is 4.21 Å². The smallest absolute Gasteiger partial charge is 0.108 e. The summed E-state index contributed by atoms with van der Waals surface area (Å²) in [6.45, 7) is 4.03. The summed E-state index contributed by atoms with van der Waals surface area (Å²) in [6.07, 6.45) is 0. The van der Waals surface area contributed by atoms with Gasteiger partial charge in [-0.05, 0) is 0 Å². The van der Waals surface area contributed by atoms with Crippen molar-refractivity contribution in [2.75, 3.05) is 31.6 Å². The molecule has 0 fully saturated rings. The van der Waals surface area contributed by atoms with Crippen LogP contribution in [0.25, 0.3) is 0 Å². The molecule has 0 aliphatic rings. The van der Waals surface area contributed by atoms with Crippen molar-refractivity contribution in [2.24, 2.45) is 4.99 Å². The minimum atomic E-state index is -0.954. The molecule has 0 spiro atoms. The second-order valence-electron chi connectivity index (χ2n) is 2.52. The van der Waals surface area contributed by atoms with Gasteiger partial charge in [0.25, 0.3) is 0 Å². The molecule has 1 unspecified atom stereocenters. The third-order valence-corrected chi connectivity index (χ3v) is 4.29. The lowest BCUT2D eigenvalue weighted by Gasteiger charge is -2.03. The van der Waals surface area contributed by atoms with E-state index in [1.165, 1.54) is 11.8 Å². The molecule has 0 N–H and O–H groups in total. The van der Waals surface area contributed by atoms with Crippen LogP contribution in [-0.2, 0) is 15.5 Å². The van der Waals surface area contributed by atoms with E-state index in [0.717, 1.165) is 0 Å². The minimum Gasteiger partial charge on any atom is -0.384 e. The van der Waals surface area contributed by atoms with E-state index in [1.807, 2.05) is 6.07 Å². The van der Waals surface area contributed by atoms with E-state index in [0.29, 0.717) is 28.1 Å². The van der Waals surface area contributed by atoms with Crippen molar-refractivity contribution in [3.8, 4) is 6.07 Å². The van der Waals surface area contributed by atoms with Crippen molar-refractivity contribution in [1.82, 2.24) is 0 Å². The van der Waals surface area contributed by atoms with Gasteiger partial charge in [0.2, 0.25) is 0 Å². The van der Waals surface area contributed by atoms with Crippen LogP contribution in [0.4, 0.5) is 0 Å². The highest BCUT2D eigenvalue weighted by Gasteiger charge is 2.07. The number of ether oxygens (including phenoxy) is 1. The Labute approximate surface area is 96.9 Å². The molecule has 84 valence electrons. The quantitative estimate of drug-likeness (QED) is 0.401. The van der Waals surface area contributed by atoms with Gasteiger partial charge in [0.15, 0.2) is 0 Å². The third-order valence-electron chi connectivity index (χ3n) is 1.44. The standard InChI is InChI=1S/C9H14N2O2S2/c1-8(6-10)9(11-2)14-7-15(12)5-4-13-3/h1,4-5,7H2,2-3H3. The Kier molecular flexibility index (Phi) is 8.28. The van der Waals surface area contributed by atoms with Crippen molar-refractivity contribution < 1.29 is 8.95 Å². The highest BCUT2D eigenvalue weighted by atomic mass is 32.2. The van der Waals surface area contributed by atoms with E-state index in [2.05, 4.69) is 11.6 Å². The molecule has 4 nitrogen and oxygen atoms in total. The molecule has 0 aliphatic heterocycles. The van der Waals surface area contributed by atoms with Gasteiger partial charge in [0.05, 0.1) is 17.3 Å². The molecule has 0 heterocycles. The summed E-state index contributed by atoms with van der Waals surface area (Å²) in [7, 11) is 2.20. The van der Waals surface area contributed by atoms with Crippen LogP contribution in [-0.4, -0.2) is 40.9 Å². The molecule has 0 aromatic carbocycles. The number of rotatable bonds is 6. The maximum atomic E-state index is 11.4. The number of nitrogens with zero attached hydrogens (tertiary/aromatic N) is 2. The average molecular weight is 246 g/mol. The van der Waals surface area contributed by atoms with Gasteiger partial charge in [-0.3, -0.25) is 9.20 Å². The van der Waals surface area contributed by atoms with Crippen LogP contribution in [0.15, 0.2) is 17.1 Å². The maximum absolute atomic E-state index is 11.4. The summed E-state index contributed by atoms with van der Waals surface area (Å²) in [6, 6.07) is 1.91. The molecule has 0 saturated carbocycles. The molecule has 0 saturated heterocycles. The van der Waals surface area contributed by atoms with Crippen molar-refractivity contribution in [2.45, 2.75) is 0 Å². The molecule has 0 rings (SSSR count). The van der Waals surface area contributed by atoms with E-state index in [4.69, 9.17) is 10.00 Å². The summed E-state index contributed by atoms with van der Waals surface area (Å²) in [5.74, 6) is 0.500. The van der Waals surface area contributed by atoms with Gasteiger partial charge < -0.3 is 4.74 Å². The van der Waals surface area contributed by atoms with E-state index in [-0.39, 0.29) is 0 Å². The third kappa shape index (κ3) is 6.44. The molecule has 0 aromatic heterocycles. The van der Waals surface area contributed by atoms with Crippen molar-refractivity contribution in [3.63, 3.8) is 0 Å². The van der Waals surface area contributed by atoms with Crippen LogP contribution in [0.3, 0.4) is 0 Å². The zero-order valence-corrected chi connectivity index (χ0v) is 10.5. The summed E-state index contributed by atoms with van der Waals surface area (Å²) in [5, 5.41) is 9.56. The van der Waals surface area contributed by atoms with Gasteiger partial charge in [0, 0.05) is 30.7 Å². The van der Waals surface area contributed by atoms with Gasteiger partial charge in [0.1, 0.15) is 11.1 Å². The number of aliphatic imine (C=N–C) groups is 1. The van der Waals surface area contributed by atoms with Crippen LogP contribution in [0.5, 0.6) is 0 Å². The zero-order chi connectivity index (χ0) is 11.7. The molecule has 6 heteroatoms. The Morgan fingerprint density at radius 2 is 2.40 bits per heavy atom. The van der Waals surface area contributed by atoms with Gasteiger partial charge in [-0.15, -0.1) is 0 Å². The molecule has 0 bridgehead atoms. The fourth-order valence-corrected chi connectivity index (χ4v) is 2.84. The van der Waals surface area contributed by atoms with Gasteiger partial charge in [-0.25, -0.2) is 0 Å². The Balaban J connectivity index is 3.99. The summed E-state index contributed by atoms with van der Waals surface area (Å²) >= 11 is 1.29. The molecule has 1 atom stereocenters. The Morgan fingerprint density at radius 3 is 2.87 bits per heavy atom. The van der Waals surface area contributed by atoms with Crippen LogP contribution >= 0.6 is 11.8 Å². The largest absolute Gasteiger partial charge is 0.384 e.